The number of aromatic nitrogens is 3. The molecule has 1 fully saturated rings. The first-order chi connectivity index (χ1) is 13.5. The average molecular weight is 391 g/mol. The van der Waals surface area contributed by atoms with Gasteiger partial charge in [0, 0.05) is 21.4 Å². The first-order valence-electron chi connectivity index (χ1n) is 9.57. The molecule has 2 aliphatic rings. The molecule has 0 radical (unpaired) electrons. The molecule has 142 valence electrons. The summed E-state index contributed by atoms with van der Waals surface area (Å²) in [6.07, 6.45) is 6.70. The van der Waals surface area contributed by atoms with Crippen LogP contribution in [0.25, 0.3) is 16.7 Å². The number of rotatable bonds is 5. The van der Waals surface area contributed by atoms with E-state index in [1.165, 1.54) is 23.3 Å². The van der Waals surface area contributed by atoms with E-state index < -0.39 is 5.97 Å². The molecule has 3 aromatic rings. The molecule has 0 spiro atoms. The van der Waals surface area contributed by atoms with Gasteiger partial charge >= 0.3 is 5.97 Å². The molecule has 0 saturated heterocycles. The quantitative estimate of drug-likeness (QED) is 0.676. The molecule has 6 heteroatoms. The normalized spacial score (nSPS) is 16.5. The summed E-state index contributed by atoms with van der Waals surface area (Å²) in [5.74, 6) is 0.818. The lowest BCUT2D eigenvalue weighted by atomic mass is 10.1. The van der Waals surface area contributed by atoms with Gasteiger partial charge in [0.25, 0.3) is 0 Å². The Kier molecular flexibility index (Phi) is 3.98. The number of hydrogen-bond acceptors (Lipinski definition) is 4. The molecule has 0 amide bonds. The van der Waals surface area contributed by atoms with Crippen LogP contribution in [0.15, 0.2) is 35.9 Å². The number of allylic oxidation sites excluding steroid dienone is 2. The molecule has 1 saturated carbocycles. The van der Waals surface area contributed by atoms with Gasteiger partial charge in [-0.1, -0.05) is 12.2 Å². The van der Waals surface area contributed by atoms with Crippen molar-refractivity contribution in [2.24, 2.45) is 0 Å². The summed E-state index contributed by atoms with van der Waals surface area (Å²) in [7, 11) is 0. The summed E-state index contributed by atoms with van der Waals surface area (Å²) in [4.78, 5) is 23.4. The number of fused-ring (bicyclic) bond motifs is 1. The van der Waals surface area contributed by atoms with E-state index in [2.05, 4.69) is 23.6 Å². The third-order valence-corrected chi connectivity index (χ3v) is 6.56. The van der Waals surface area contributed by atoms with Crippen LogP contribution in [0.2, 0.25) is 0 Å². The maximum absolute atomic E-state index is 11.5. The lowest BCUT2D eigenvalue weighted by Gasteiger charge is -2.07. The smallest absolute Gasteiger partial charge is 0.336 e. The molecule has 3 heterocycles. The van der Waals surface area contributed by atoms with E-state index in [1.807, 2.05) is 19.1 Å². The highest BCUT2D eigenvalue weighted by Crippen LogP contribution is 2.41. The minimum Gasteiger partial charge on any atom is -0.478 e. The maximum Gasteiger partial charge on any atom is 0.336 e. The molecule has 0 aliphatic heterocycles. The zero-order chi connectivity index (χ0) is 19.4. The van der Waals surface area contributed by atoms with Crippen molar-refractivity contribution in [1.82, 2.24) is 14.5 Å². The second-order valence-electron chi connectivity index (χ2n) is 7.65. The van der Waals surface area contributed by atoms with Crippen LogP contribution >= 0.6 is 11.3 Å². The van der Waals surface area contributed by atoms with Crippen LogP contribution in [0.3, 0.4) is 0 Å². The van der Waals surface area contributed by atoms with Gasteiger partial charge in [0.2, 0.25) is 0 Å². The molecule has 1 N–H and O–H groups in total. The Labute approximate surface area is 167 Å². The van der Waals surface area contributed by atoms with Crippen LogP contribution in [-0.4, -0.2) is 25.6 Å². The van der Waals surface area contributed by atoms with E-state index in [0.29, 0.717) is 17.9 Å². The molecule has 5 rings (SSSR count). The number of thiophene rings is 1. The first-order valence-corrected chi connectivity index (χ1v) is 10.4. The van der Waals surface area contributed by atoms with Crippen molar-refractivity contribution >= 4 is 34.0 Å². The van der Waals surface area contributed by atoms with Crippen molar-refractivity contribution in [3.8, 4) is 0 Å². The number of aryl methyl sites for hydroxylation is 2. The fourth-order valence-corrected chi connectivity index (χ4v) is 5.01. The van der Waals surface area contributed by atoms with Gasteiger partial charge in [0.05, 0.1) is 12.1 Å². The summed E-state index contributed by atoms with van der Waals surface area (Å²) in [6, 6.07) is 6.24. The molecule has 3 aromatic heterocycles. The van der Waals surface area contributed by atoms with Crippen LogP contribution < -0.4 is 0 Å². The Morgan fingerprint density at radius 1 is 1.29 bits per heavy atom. The van der Waals surface area contributed by atoms with Gasteiger partial charge in [0.1, 0.15) is 11.3 Å². The number of carboxylic acids is 1. The van der Waals surface area contributed by atoms with Crippen molar-refractivity contribution in [3.05, 3.63) is 62.8 Å². The second kappa shape index (κ2) is 6.41. The molecule has 0 bridgehead atoms. The minimum absolute atomic E-state index is 0.410. The van der Waals surface area contributed by atoms with Gasteiger partial charge < -0.3 is 9.67 Å². The van der Waals surface area contributed by atoms with Crippen LogP contribution in [0.5, 0.6) is 0 Å². The highest BCUT2D eigenvalue weighted by molar-refractivity contribution is 7.13. The molecule has 0 aromatic carbocycles. The van der Waals surface area contributed by atoms with Crippen LogP contribution in [-0.2, 0) is 11.3 Å². The molecule has 0 atom stereocenters. The predicted octanol–water partition coefficient (Wildman–Crippen LogP) is 4.83. The highest BCUT2D eigenvalue weighted by atomic mass is 32.1. The Hall–Kier alpha value is -2.73. The Morgan fingerprint density at radius 3 is 2.86 bits per heavy atom. The zero-order valence-electron chi connectivity index (χ0n) is 15.9. The Balaban J connectivity index is 1.55. The average Bonchev–Trinajstić information content (AvgIpc) is 3.06. The highest BCUT2D eigenvalue weighted by Gasteiger charge is 2.30. The summed E-state index contributed by atoms with van der Waals surface area (Å²) < 4.78 is 2.27. The van der Waals surface area contributed by atoms with Gasteiger partial charge in [-0.3, -0.25) is 0 Å². The third-order valence-electron chi connectivity index (χ3n) is 5.43. The van der Waals surface area contributed by atoms with E-state index >= 15 is 0 Å². The summed E-state index contributed by atoms with van der Waals surface area (Å²) in [5, 5.41) is 9.41. The van der Waals surface area contributed by atoms with Crippen molar-refractivity contribution in [2.45, 2.75) is 45.6 Å². The molecule has 28 heavy (non-hydrogen) atoms. The van der Waals surface area contributed by atoms with E-state index in [1.54, 1.807) is 17.4 Å². The monoisotopic (exact) mass is 391 g/mol. The molecule has 5 nitrogen and oxygen atoms in total. The Morgan fingerprint density at radius 2 is 2.11 bits per heavy atom. The SMILES string of the molecule is Cc1cc(C)c2nc(C3CC3)n(Cc3ccc(C4=C(C(=O)O)C=CC4)s3)c2n1. The number of hydrogen-bond donors (Lipinski definition) is 1. The van der Waals surface area contributed by atoms with Gasteiger partial charge in [-0.2, -0.15) is 0 Å². The van der Waals surface area contributed by atoms with E-state index in [9.17, 15) is 9.90 Å². The van der Waals surface area contributed by atoms with Gasteiger partial charge in [-0.15, -0.1) is 11.3 Å². The van der Waals surface area contributed by atoms with Gasteiger partial charge in [0.15, 0.2) is 5.65 Å². The first kappa shape index (κ1) is 17.4. The third kappa shape index (κ3) is 2.88. The van der Waals surface area contributed by atoms with E-state index in [0.717, 1.165) is 39.7 Å². The molecule has 0 unspecified atom stereocenters. The van der Waals surface area contributed by atoms with Gasteiger partial charge in [-0.25, -0.2) is 14.8 Å². The van der Waals surface area contributed by atoms with Crippen molar-refractivity contribution < 1.29 is 9.90 Å². The number of carboxylic acid groups (broad SMARTS) is 1. The largest absolute Gasteiger partial charge is 0.478 e. The summed E-state index contributed by atoms with van der Waals surface area (Å²) in [5.41, 5.74) is 5.46. The Bertz CT molecular complexity index is 1180. The van der Waals surface area contributed by atoms with Crippen LogP contribution in [0, 0.1) is 13.8 Å². The van der Waals surface area contributed by atoms with Crippen molar-refractivity contribution in [2.75, 3.05) is 0 Å². The van der Waals surface area contributed by atoms with Crippen molar-refractivity contribution in [1.29, 1.82) is 0 Å². The predicted molar refractivity (Wildman–Crippen MR) is 111 cm³/mol. The maximum atomic E-state index is 11.5. The van der Waals surface area contributed by atoms with Crippen molar-refractivity contribution in [3.63, 3.8) is 0 Å². The zero-order valence-corrected chi connectivity index (χ0v) is 16.7. The standard InChI is InChI=1S/C22H21N3O2S/c1-12-10-13(2)23-21-19(12)24-20(14-6-7-14)25(21)11-15-8-9-18(28-15)16-4-3-5-17(16)22(26)27/h3,5,8-10,14H,4,6-7,11H2,1-2H3,(H,26,27). The van der Waals surface area contributed by atoms with Gasteiger partial charge in [-0.05, 0) is 62.4 Å². The summed E-state index contributed by atoms with van der Waals surface area (Å²) in [6.45, 7) is 4.85. The lowest BCUT2D eigenvalue weighted by Crippen LogP contribution is -2.04. The van der Waals surface area contributed by atoms with E-state index in [4.69, 9.17) is 9.97 Å². The lowest BCUT2D eigenvalue weighted by molar-refractivity contribution is -0.132. The van der Waals surface area contributed by atoms with E-state index in [-0.39, 0.29) is 0 Å². The molecule has 2 aliphatic carbocycles. The molecular formula is C22H21N3O2S. The molecular weight excluding hydrogens is 370 g/mol. The number of aliphatic carboxylic acids is 1. The minimum atomic E-state index is -0.856. The summed E-state index contributed by atoms with van der Waals surface area (Å²) >= 11 is 1.67. The fraction of sp³-hybridized carbons (Fsp3) is 0.318. The van der Waals surface area contributed by atoms with Crippen LogP contribution in [0.4, 0.5) is 0 Å². The number of carbonyl (C=O) groups is 1. The second-order valence-corrected chi connectivity index (χ2v) is 8.82. The fourth-order valence-electron chi connectivity index (χ4n) is 3.95. The van der Waals surface area contributed by atoms with Crippen LogP contribution in [0.1, 0.15) is 52.0 Å². The number of imidazole rings is 1. The number of pyridine rings is 1. The topological polar surface area (TPSA) is 68.0 Å². The number of nitrogens with zero attached hydrogens (tertiary/aromatic N) is 3.